The molecular formula is C8H17N3O. The average Bonchev–Trinajstić information content (AvgIpc) is 2.88. The van der Waals surface area contributed by atoms with Crippen LogP contribution in [0.2, 0.25) is 0 Å². The van der Waals surface area contributed by atoms with Crippen LogP contribution in [0.3, 0.4) is 0 Å². The van der Waals surface area contributed by atoms with E-state index in [1.165, 1.54) is 0 Å². The minimum atomic E-state index is 0.0333. The van der Waals surface area contributed by atoms with Crippen molar-refractivity contribution in [2.45, 2.75) is 25.3 Å². The van der Waals surface area contributed by atoms with Crippen LogP contribution in [-0.4, -0.2) is 37.1 Å². The molecule has 1 aliphatic rings. The van der Waals surface area contributed by atoms with Crippen molar-refractivity contribution >= 4 is 6.03 Å². The van der Waals surface area contributed by atoms with Crippen molar-refractivity contribution in [1.29, 1.82) is 0 Å². The highest BCUT2D eigenvalue weighted by molar-refractivity contribution is 5.74. The van der Waals surface area contributed by atoms with E-state index in [2.05, 4.69) is 5.32 Å². The number of carbonyl (C=O) groups excluding carboxylic acids is 1. The maximum atomic E-state index is 11.3. The summed E-state index contributed by atoms with van der Waals surface area (Å²) in [5.74, 6) is 0. The molecule has 0 atom stereocenters. The normalized spacial score (nSPS) is 15.8. The Kier molecular flexibility index (Phi) is 3.34. The van der Waals surface area contributed by atoms with E-state index in [0.717, 1.165) is 25.8 Å². The topological polar surface area (TPSA) is 58.4 Å². The number of nitrogens with two attached hydrogens (primary N) is 1. The van der Waals surface area contributed by atoms with E-state index in [-0.39, 0.29) is 6.03 Å². The highest BCUT2D eigenvalue weighted by atomic mass is 16.2. The Bertz CT molecular complexity index is 156. The molecule has 4 heteroatoms. The third-order valence-electron chi connectivity index (χ3n) is 2.07. The first-order valence-corrected chi connectivity index (χ1v) is 4.48. The third kappa shape index (κ3) is 2.37. The van der Waals surface area contributed by atoms with Crippen LogP contribution in [0.4, 0.5) is 4.79 Å². The molecule has 0 aromatic carbocycles. The number of nitrogens with one attached hydrogen (secondary N) is 1. The Morgan fingerprint density at radius 3 is 2.75 bits per heavy atom. The molecule has 0 heterocycles. The summed E-state index contributed by atoms with van der Waals surface area (Å²) in [4.78, 5) is 13.2. The summed E-state index contributed by atoms with van der Waals surface area (Å²) in [6, 6.07) is 0.516. The molecule has 2 amide bonds. The maximum Gasteiger partial charge on any atom is 0.317 e. The van der Waals surface area contributed by atoms with Gasteiger partial charge in [-0.3, -0.25) is 0 Å². The van der Waals surface area contributed by atoms with Crippen molar-refractivity contribution in [3.8, 4) is 0 Å². The van der Waals surface area contributed by atoms with Gasteiger partial charge in [0.15, 0.2) is 0 Å². The molecule has 1 fully saturated rings. The van der Waals surface area contributed by atoms with Crippen LogP contribution in [0.1, 0.15) is 19.3 Å². The zero-order valence-electron chi connectivity index (χ0n) is 7.55. The van der Waals surface area contributed by atoms with E-state index in [4.69, 9.17) is 5.73 Å². The first-order valence-electron chi connectivity index (χ1n) is 4.48. The van der Waals surface area contributed by atoms with Crippen LogP contribution < -0.4 is 11.1 Å². The lowest BCUT2D eigenvalue weighted by Crippen LogP contribution is -2.40. The van der Waals surface area contributed by atoms with Gasteiger partial charge < -0.3 is 16.0 Å². The number of hydrogen-bond acceptors (Lipinski definition) is 2. The van der Waals surface area contributed by atoms with Gasteiger partial charge >= 0.3 is 6.03 Å². The smallest absolute Gasteiger partial charge is 0.317 e. The van der Waals surface area contributed by atoms with Crippen molar-refractivity contribution in [3.63, 3.8) is 0 Å². The van der Waals surface area contributed by atoms with E-state index >= 15 is 0 Å². The predicted molar refractivity (Wildman–Crippen MR) is 47.9 cm³/mol. The quantitative estimate of drug-likeness (QED) is 0.632. The van der Waals surface area contributed by atoms with Gasteiger partial charge in [-0.25, -0.2) is 4.79 Å². The molecule has 0 saturated heterocycles. The second kappa shape index (κ2) is 4.30. The fourth-order valence-corrected chi connectivity index (χ4v) is 1.24. The first kappa shape index (κ1) is 9.32. The van der Waals surface area contributed by atoms with E-state index in [9.17, 15) is 4.79 Å². The summed E-state index contributed by atoms with van der Waals surface area (Å²) in [7, 11) is 1.67. The molecule has 1 aliphatic carbocycles. The molecule has 0 aliphatic heterocycles. The van der Waals surface area contributed by atoms with Crippen molar-refractivity contribution < 1.29 is 4.79 Å². The number of hydrogen-bond donors (Lipinski definition) is 2. The molecule has 1 rings (SSSR count). The van der Waals surface area contributed by atoms with Gasteiger partial charge in [0.25, 0.3) is 0 Å². The second-order valence-electron chi connectivity index (χ2n) is 3.12. The minimum Gasteiger partial charge on any atom is -0.341 e. The molecule has 0 aromatic rings. The van der Waals surface area contributed by atoms with Crippen LogP contribution in [0.25, 0.3) is 0 Å². The van der Waals surface area contributed by atoms with Crippen molar-refractivity contribution in [3.05, 3.63) is 0 Å². The molecule has 4 nitrogen and oxygen atoms in total. The number of amides is 2. The Morgan fingerprint density at radius 1 is 1.67 bits per heavy atom. The van der Waals surface area contributed by atoms with Gasteiger partial charge in [0.2, 0.25) is 0 Å². The summed E-state index contributed by atoms with van der Waals surface area (Å²) in [6.07, 6.45) is 3.19. The SMILES string of the molecule is CNC(=O)N(CCCN)C1CC1. The van der Waals surface area contributed by atoms with E-state index in [1.807, 2.05) is 4.90 Å². The molecule has 0 unspecified atom stereocenters. The zero-order chi connectivity index (χ0) is 8.97. The van der Waals surface area contributed by atoms with Crippen molar-refractivity contribution in [2.24, 2.45) is 5.73 Å². The Hall–Kier alpha value is -0.770. The second-order valence-corrected chi connectivity index (χ2v) is 3.12. The predicted octanol–water partition coefficient (Wildman–Crippen LogP) is 0.139. The molecule has 0 radical (unpaired) electrons. The average molecular weight is 171 g/mol. The summed E-state index contributed by atoms with van der Waals surface area (Å²) in [6.45, 7) is 1.45. The Balaban J connectivity index is 2.32. The monoisotopic (exact) mass is 171 g/mol. The standard InChI is InChI=1S/C8H17N3O/c1-10-8(12)11(6-2-5-9)7-3-4-7/h7H,2-6,9H2,1H3,(H,10,12). The molecule has 3 N–H and O–H groups in total. The summed E-state index contributed by atoms with van der Waals surface area (Å²) in [5, 5.41) is 2.64. The third-order valence-corrected chi connectivity index (χ3v) is 2.07. The van der Waals surface area contributed by atoms with Crippen LogP contribution in [-0.2, 0) is 0 Å². The summed E-state index contributed by atoms with van der Waals surface area (Å²) >= 11 is 0. The van der Waals surface area contributed by atoms with Crippen LogP contribution >= 0.6 is 0 Å². The van der Waals surface area contributed by atoms with Gasteiger partial charge in [0.1, 0.15) is 0 Å². The summed E-state index contributed by atoms with van der Waals surface area (Å²) in [5.41, 5.74) is 5.38. The zero-order valence-corrected chi connectivity index (χ0v) is 7.55. The Labute approximate surface area is 73.1 Å². The first-order chi connectivity index (χ1) is 5.79. The van der Waals surface area contributed by atoms with Gasteiger partial charge in [-0.15, -0.1) is 0 Å². The van der Waals surface area contributed by atoms with E-state index < -0.39 is 0 Å². The summed E-state index contributed by atoms with van der Waals surface area (Å²) < 4.78 is 0. The molecule has 12 heavy (non-hydrogen) atoms. The largest absolute Gasteiger partial charge is 0.341 e. The fourth-order valence-electron chi connectivity index (χ4n) is 1.24. The van der Waals surface area contributed by atoms with Crippen molar-refractivity contribution in [1.82, 2.24) is 10.2 Å². The lowest BCUT2D eigenvalue weighted by molar-refractivity contribution is 0.197. The number of nitrogens with zero attached hydrogens (tertiary/aromatic N) is 1. The number of rotatable bonds is 4. The molecule has 0 bridgehead atoms. The molecular weight excluding hydrogens is 154 g/mol. The number of carbonyl (C=O) groups is 1. The Morgan fingerprint density at radius 2 is 2.33 bits per heavy atom. The number of urea groups is 1. The van der Waals surface area contributed by atoms with Gasteiger partial charge in [0, 0.05) is 19.6 Å². The molecule has 70 valence electrons. The van der Waals surface area contributed by atoms with Gasteiger partial charge in [-0.05, 0) is 25.8 Å². The van der Waals surface area contributed by atoms with Crippen molar-refractivity contribution in [2.75, 3.05) is 20.1 Å². The van der Waals surface area contributed by atoms with Gasteiger partial charge in [-0.2, -0.15) is 0 Å². The van der Waals surface area contributed by atoms with Gasteiger partial charge in [0.05, 0.1) is 0 Å². The van der Waals surface area contributed by atoms with Crippen LogP contribution in [0.5, 0.6) is 0 Å². The molecule has 1 saturated carbocycles. The fraction of sp³-hybridized carbons (Fsp3) is 0.875. The highest BCUT2D eigenvalue weighted by Crippen LogP contribution is 2.26. The van der Waals surface area contributed by atoms with E-state index in [1.54, 1.807) is 7.05 Å². The molecule has 0 spiro atoms. The minimum absolute atomic E-state index is 0.0333. The lowest BCUT2D eigenvalue weighted by Gasteiger charge is -2.21. The van der Waals surface area contributed by atoms with Gasteiger partial charge in [-0.1, -0.05) is 0 Å². The highest BCUT2D eigenvalue weighted by Gasteiger charge is 2.31. The van der Waals surface area contributed by atoms with Crippen LogP contribution in [0, 0.1) is 0 Å². The van der Waals surface area contributed by atoms with E-state index in [0.29, 0.717) is 12.6 Å². The van der Waals surface area contributed by atoms with Crippen LogP contribution in [0.15, 0.2) is 0 Å². The lowest BCUT2D eigenvalue weighted by atomic mass is 10.4. The maximum absolute atomic E-state index is 11.3. The molecule has 0 aromatic heterocycles.